The van der Waals surface area contributed by atoms with Gasteiger partial charge in [-0.3, -0.25) is 5.32 Å². The number of nitrogens with one attached hydrogen (secondary N) is 2. The number of halogens is 2. The van der Waals surface area contributed by atoms with Crippen molar-refractivity contribution in [3.05, 3.63) is 39.5 Å². The van der Waals surface area contributed by atoms with Gasteiger partial charge < -0.3 is 14.6 Å². The van der Waals surface area contributed by atoms with Crippen molar-refractivity contribution < 1.29 is 14.1 Å². The SMILES string of the molecule is Cc1cc(NC(=O)NCCCOc2ccc(Br)cc2Cl)no1. The molecule has 0 saturated carbocycles. The predicted molar refractivity (Wildman–Crippen MR) is 87.5 cm³/mol. The lowest BCUT2D eigenvalue weighted by Crippen LogP contribution is -2.30. The minimum Gasteiger partial charge on any atom is -0.492 e. The van der Waals surface area contributed by atoms with Crippen LogP contribution >= 0.6 is 27.5 Å². The number of hydrogen-bond acceptors (Lipinski definition) is 4. The molecule has 0 radical (unpaired) electrons. The van der Waals surface area contributed by atoms with Crippen LogP contribution in [-0.4, -0.2) is 24.3 Å². The summed E-state index contributed by atoms with van der Waals surface area (Å²) < 4.78 is 11.3. The molecule has 2 N–H and O–H groups in total. The van der Waals surface area contributed by atoms with Crippen molar-refractivity contribution in [2.45, 2.75) is 13.3 Å². The molecule has 118 valence electrons. The van der Waals surface area contributed by atoms with Crippen LogP contribution in [0.2, 0.25) is 5.02 Å². The first-order chi connectivity index (χ1) is 10.5. The van der Waals surface area contributed by atoms with E-state index in [9.17, 15) is 4.79 Å². The second-order valence-electron chi connectivity index (χ2n) is 4.48. The van der Waals surface area contributed by atoms with E-state index in [1.165, 1.54) is 0 Å². The van der Waals surface area contributed by atoms with E-state index in [0.717, 1.165) is 4.47 Å². The molecule has 0 aliphatic heterocycles. The molecule has 1 heterocycles. The fourth-order valence-electron chi connectivity index (χ4n) is 1.63. The van der Waals surface area contributed by atoms with Crippen LogP contribution < -0.4 is 15.4 Å². The second-order valence-corrected chi connectivity index (χ2v) is 5.80. The Bertz CT molecular complexity index is 648. The van der Waals surface area contributed by atoms with Gasteiger partial charge in [0.2, 0.25) is 0 Å². The van der Waals surface area contributed by atoms with Gasteiger partial charge in [-0.25, -0.2) is 4.79 Å². The lowest BCUT2D eigenvalue weighted by atomic mass is 10.3. The first-order valence-corrected chi connectivity index (χ1v) is 7.78. The molecule has 0 fully saturated rings. The van der Waals surface area contributed by atoms with E-state index in [2.05, 4.69) is 31.7 Å². The molecule has 1 aromatic heterocycles. The average molecular weight is 389 g/mol. The van der Waals surface area contributed by atoms with Gasteiger partial charge in [0.05, 0.1) is 11.6 Å². The van der Waals surface area contributed by atoms with Gasteiger partial charge in [-0.2, -0.15) is 0 Å². The van der Waals surface area contributed by atoms with E-state index < -0.39 is 0 Å². The van der Waals surface area contributed by atoms with Gasteiger partial charge in [0.15, 0.2) is 5.82 Å². The van der Waals surface area contributed by atoms with E-state index >= 15 is 0 Å². The fourth-order valence-corrected chi connectivity index (χ4v) is 2.36. The third-order valence-corrected chi connectivity index (χ3v) is 3.42. The number of nitrogens with zero attached hydrogens (tertiary/aromatic N) is 1. The van der Waals surface area contributed by atoms with Crippen LogP contribution in [0.5, 0.6) is 5.75 Å². The Morgan fingerprint density at radius 2 is 2.27 bits per heavy atom. The molecule has 0 aliphatic carbocycles. The largest absolute Gasteiger partial charge is 0.492 e. The zero-order valence-corrected chi connectivity index (χ0v) is 14.2. The van der Waals surface area contributed by atoms with Gasteiger partial charge >= 0.3 is 6.03 Å². The molecule has 0 bridgehead atoms. The number of aromatic nitrogens is 1. The van der Waals surface area contributed by atoms with Crippen molar-refractivity contribution in [3.63, 3.8) is 0 Å². The molecular formula is C14H15BrClN3O3. The van der Waals surface area contributed by atoms with Crippen molar-refractivity contribution in [3.8, 4) is 5.75 Å². The van der Waals surface area contributed by atoms with Crippen molar-refractivity contribution in [2.75, 3.05) is 18.5 Å². The minimum atomic E-state index is -0.338. The van der Waals surface area contributed by atoms with E-state index in [0.29, 0.717) is 41.9 Å². The number of carbonyl (C=O) groups is 1. The zero-order chi connectivity index (χ0) is 15.9. The van der Waals surface area contributed by atoms with Gasteiger partial charge in [0.1, 0.15) is 11.5 Å². The number of anilines is 1. The van der Waals surface area contributed by atoms with Crippen molar-refractivity contribution >= 4 is 39.4 Å². The number of carbonyl (C=O) groups excluding carboxylic acids is 1. The summed E-state index contributed by atoms with van der Waals surface area (Å²) in [5, 5.41) is 9.47. The molecule has 22 heavy (non-hydrogen) atoms. The number of hydrogen-bond donors (Lipinski definition) is 2. The number of aryl methyl sites for hydroxylation is 1. The summed E-state index contributed by atoms with van der Waals surface area (Å²) in [6.45, 7) is 2.67. The first kappa shape index (κ1) is 16.6. The Morgan fingerprint density at radius 1 is 1.45 bits per heavy atom. The lowest BCUT2D eigenvalue weighted by molar-refractivity contribution is 0.250. The third kappa shape index (κ3) is 5.23. The van der Waals surface area contributed by atoms with Crippen molar-refractivity contribution in [2.24, 2.45) is 0 Å². The lowest BCUT2D eigenvalue weighted by Gasteiger charge is -2.09. The van der Waals surface area contributed by atoms with E-state index in [4.69, 9.17) is 20.9 Å². The Morgan fingerprint density at radius 3 is 2.95 bits per heavy atom. The molecule has 0 atom stereocenters. The molecule has 2 rings (SSSR count). The van der Waals surface area contributed by atoms with E-state index in [1.807, 2.05) is 6.07 Å². The summed E-state index contributed by atoms with van der Waals surface area (Å²) >= 11 is 9.36. The normalized spacial score (nSPS) is 10.3. The molecule has 0 saturated heterocycles. The van der Waals surface area contributed by atoms with Crippen LogP contribution in [-0.2, 0) is 0 Å². The molecule has 0 aliphatic rings. The molecular weight excluding hydrogens is 374 g/mol. The standard InChI is InChI=1S/C14H15BrClN3O3/c1-9-7-13(19-22-9)18-14(20)17-5-2-6-21-12-4-3-10(15)8-11(12)16/h3-4,7-8H,2,5-6H2,1H3,(H2,17,18,19,20). The highest BCUT2D eigenvalue weighted by Gasteiger charge is 2.05. The number of amides is 2. The zero-order valence-electron chi connectivity index (χ0n) is 11.9. The monoisotopic (exact) mass is 387 g/mol. The predicted octanol–water partition coefficient (Wildman–Crippen LogP) is 3.99. The maximum Gasteiger partial charge on any atom is 0.320 e. The summed E-state index contributed by atoms with van der Waals surface area (Å²) in [6, 6.07) is 6.71. The Kier molecular flexibility index (Phi) is 6.09. The Labute approximate surface area is 141 Å². The third-order valence-electron chi connectivity index (χ3n) is 2.63. The van der Waals surface area contributed by atoms with Crippen molar-refractivity contribution in [1.29, 1.82) is 0 Å². The van der Waals surface area contributed by atoms with Crippen LogP contribution in [0.3, 0.4) is 0 Å². The molecule has 1 aromatic carbocycles. The summed E-state index contributed by atoms with van der Waals surface area (Å²) in [5.74, 6) is 1.63. The number of rotatable bonds is 6. The van der Waals surface area contributed by atoms with Gasteiger partial charge in [0.25, 0.3) is 0 Å². The minimum absolute atomic E-state index is 0.338. The van der Waals surface area contributed by atoms with E-state index in [1.54, 1.807) is 25.1 Å². The summed E-state index contributed by atoms with van der Waals surface area (Å²) in [5.41, 5.74) is 0. The molecule has 0 unspecified atom stereocenters. The van der Waals surface area contributed by atoms with Crippen LogP contribution in [0, 0.1) is 6.92 Å². The highest BCUT2D eigenvalue weighted by Crippen LogP contribution is 2.27. The van der Waals surface area contributed by atoms with Gasteiger partial charge in [-0.15, -0.1) is 0 Å². The second kappa shape index (κ2) is 8.05. The molecule has 0 spiro atoms. The molecule has 2 amide bonds. The smallest absolute Gasteiger partial charge is 0.320 e. The number of ether oxygens (including phenoxy) is 1. The van der Waals surface area contributed by atoms with Gasteiger partial charge in [-0.1, -0.05) is 32.7 Å². The Hall–Kier alpha value is -1.73. The average Bonchev–Trinajstić information content (AvgIpc) is 2.86. The molecule has 6 nitrogen and oxygen atoms in total. The van der Waals surface area contributed by atoms with Crippen molar-refractivity contribution in [1.82, 2.24) is 10.5 Å². The van der Waals surface area contributed by atoms with Crippen LogP contribution in [0.1, 0.15) is 12.2 Å². The summed E-state index contributed by atoms with van der Waals surface area (Å²) in [6.07, 6.45) is 0.650. The topological polar surface area (TPSA) is 76.4 Å². The quantitative estimate of drug-likeness (QED) is 0.734. The highest BCUT2D eigenvalue weighted by molar-refractivity contribution is 9.10. The summed E-state index contributed by atoms with van der Waals surface area (Å²) in [4.78, 5) is 11.6. The van der Waals surface area contributed by atoms with Gasteiger partial charge in [-0.05, 0) is 31.5 Å². The van der Waals surface area contributed by atoms with Gasteiger partial charge in [0, 0.05) is 17.1 Å². The maximum atomic E-state index is 11.6. The first-order valence-electron chi connectivity index (χ1n) is 6.60. The van der Waals surface area contributed by atoms with Crippen LogP contribution in [0.15, 0.2) is 33.3 Å². The Balaban J connectivity index is 1.63. The highest BCUT2D eigenvalue weighted by atomic mass is 79.9. The maximum absolute atomic E-state index is 11.6. The van der Waals surface area contributed by atoms with E-state index in [-0.39, 0.29) is 6.03 Å². The number of urea groups is 1. The number of benzene rings is 1. The van der Waals surface area contributed by atoms with Crippen LogP contribution in [0.25, 0.3) is 0 Å². The fraction of sp³-hybridized carbons (Fsp3) is 0.286. The van der Waals surface area contributed by atoms with Crippen LogP contribution in [0.4, 0.5) is 10.6 Å². The molecule has 2 aromatic rings. The molecule has 8 heteroatoms. The summed E-state index contributed by atoms with van der Waals surface area (Å²) in [7, 11) is 0.